The number of rotatable bonds is 5. The van der Waals surface area contributed by atoms with Gasteiger partial charge in [0.2, 0.25) is 0 Å². The molecule has 3 N–H and O–H groups in total. The van der Waals surface area contributed by atoms with Gasteiger partial charge in [-0.2, -0.15) is 0 Å². The van der Waals surface area contributed by atoms with Gasteiger partial charge >= 0.3 is 0 Å². The number of aliphatic hydroxyl groups is 2. The molecule has 0 aliphatic heterocycles. The van der Waals surface area contributed by atoms with Gasteiger partial charge in [-0.05, 0) is 29.9 Å². The van der Waals surface area contributed by atoms with Crippen molar-refractivity contribution in [2.75, 3.05) is 6.61 Å². The molecule has 3 nitrogen and oxygen atoms in total. The number of benzene rings is 1. The monoisotopic (exact) mass is 263 g/mol. The molecule has 0 radical (unpaired) electrons. The zero-order valence-electron chi connectivity index (χ0n) is 11.7. The van der Waals surface area contributed by atoms with Crippen molar-refractivity contribution in [2.24, 2.45) is 5.92 Å². The smallest absolute Gasteiger partial charge is 0.0681 e. The van der Waals surface area contributed by atoms with E-state index in [9.17, 15) is 5.11 Å². The first-order valence-electron chi connectivity index (χ1n) is 7.22. The van der Waals surface area contributed by atoms with Crippen LogP contribution in [-0.4, -0.2) is 22.4 Å². The predicted octanol–water partition coefficient (Wildman–Crippen LogP) is 2.21. The van der Waals surface area contributed by atoms with E-state index >= 15 is 0 Å². The van der Waals surface area contributed by atoms with E-state index in [0.717, 1.165) is 24.9 Å². The molecule has 1 saturated carbocycles. The quantitative estimate of drug-likeness (QED) is 0.763. The largest absolute Gasteiger partial charge is 0.394 e. The fourth-order valence-electron chi connectivity index (χ4n) is 3.07. The molecule has 1 fully saturated rings. The second-order valence-corrected chi connectivity index (χ2v) is 5.97. The highest BCUT2D eigenvalue weighted by molar-refractivity contribution is 5.22. The number of nitrogens with one attached hydrogen (secondary N) is 1. The molecule has 19 heavy (non-hydrogen) atoms. The van der Waals surface area contributed by atoms with Crippen molar-refractivity contribution in [3.8, 4) is 0 Å². The summed E-state index contributed by atoms with van der Waals surface area (Å²) in [6, 6.07) is 7.98. The van der Waals surface area contributed by atoms with Crippen LogP contribution in [0.25, 0.3) is 0 Å². The van der Waals surface area contributed by atoms with Crippen molar-refractivity contribution < 1.29 is 10.2 Å². The average molecular weight is 263 g/mol. The zero-order chi connectivity index (χ0) is 13.7. The Morgan fingerprint density at radius 3 is 2.47 bits per heavy atom. The van der Waals surface area contributed by atoms with Gasteiger partial charge in [0.25, 0.3) is 0 Å². The summed E-state index contributed by atoms with van der Waals surface area (Å²) in [6.45, 7) is 3.35. The summed E-state index contributed by atoms with van der Waals surface area (Å²) in [4.78, 5) is 0. The van der Waals surface area contributed by atoms with Gasteiger partial charge in [-0.3, -0.25) is 0 Å². The molecule has 0 aromatic heterocycles. The first-order valence-corrected chi connectivity index (χ1v) is 7.22. The van der Waals surface area contributed by atoms with E-state index in [1.807, 2.05) is 24.3 Å². The lowest BCUT2D eigenvalue weighted by molar-refractivity contribution is 0.0982. The predicted molar refractivity (Wildman–Crippen MR) is 76.7 cm³/mol. The fourth-order valence-corrected chi connectivity index (χ4v) is 3.07. The Kier molecular flexibility index (Phi) is 4.97. The van der Waals surface area contributed by atoms with E-state index in [4.69, 9.17) is 5.11 Å². The Bertz CT molecular complexity index is 390. The first-order chi connectivity index (χ1) is 9.17. The molecule has 0 bridgehead atoms. The average Bonchev–Trinajstić information content (AvgIpc) is 2.46. The van der Waals surface area contributed by atoms with Crippen LogP contribution < -0.4 is 5.32 Å². The molecule has 106 valence electrons. The highest BCUT2D eigenvalue weighted by Gasteiger charge is 2.33. The van der Waals surface area contributed by atoms with Crippen LogP contribution in [0.4, 0.5) is 0 Å². The van der Waals surface area contributed by atoms with Crippen molar-refractivity contribution in [1.29, 1.82) is 0 Å². The summed E-state index contributed by atoms with van der Waals surface area (Å²) in [5, 5.41) is 22.3. The highest BCUT2D eigenvalue weighted by atomic mass is 16.3. The molecule has 1 aliphatic carbocycles. The van der Waals surface area contributed by atoms with Crippen LogP contribution in [-0.2, 0) is 13.2 Å². The summed E-state index contributed by atoms with van der Waals surface area (Å²) >= 11 is 0. The molecule has 3 heteroatoms. The number of hydrogen-bond acceptors (Lipinski definition) is 3. The maximum atomic E-state index is 9.72. The molecule has 1 aromatic carbocycles. The van der Waals surface area contributed by atoms with E-state index in [-0.39, 0.29) is 18.8 Å². The normalized spacial score (nSPS) is 27.4. The van der Waals surface area contributed by atoms with Crippen molar-refractivity contribution in [1.82, 2.24) is 5.32 Å². The van der Waals surface area contributed by atoms with E-state index in [0.29, 0.717) is 5.92 Å². The first kappa shape index (κ1) is 14.5. The molecule has 2 atom stereocenters. The zero-order valence-corrected chi connectivity index (χ0v) is 11.7. The van der Waals surface area contributed by atoms with E-state index in [1.54, 1.807) is 0 Å². The van der Waals surface area contributed by atoms with Gasteiger partial charge in [0, 0.05) is 12.1 Å². The minimum Gasteiger partial charge on any atom is -0.394 e. The summed E-state index contributed by atoms with van der Waals surface area (Å²) in [7, 11) is 0. The van der Waals surface area contributed by atoms with Gasteiger partial charge in [-0.15, -0.1) is 0 Å². The van der Waals surface area contributed by atoms with Crippen LogP contribution in [0.15, 0.2) is 24.3 Å². The van der Waals surface area contributed by atoms with E-state index in [1.165, 1.54) is 18.4 Å². The molecule has 0 saturated heterocycles. The summed E-state index contributed by atoms with van der Waals surface area (Å²) in [5.41, 5.74) is 2.03. The maximum absolute atomic E-state index is 9.72. The summed E-state index contributed by atoms with van der Waals surface area (Å²) < 4.78 is 0. The molecule has 1 aliphatic rings. The van der Waals surface area contributed by atoms with Crippen LogP contribution in [0.3, 0.4) is 0 Å². The Morgan fingerprint density at radius 2 is 1.89 bits per heavy atom. The Labute approximate surface area is 115 Å². The molecule has 2 unspecified atom stereocenters. The van der Waals surface area contributed by atoms with Gasteiger partial charge in [-0.25, -0.2) is 0 Å². The van der Waals surface area contributed by atoms with Crippen LogP contribution in [0.1, 0.15) is 43.7 Å². The van der Waals surface area contributed by atoms with Gasteiger partial charge in [-0.1, -0.05) is 44.0 Å². The minimum atomic E-state index is -0.104. The van der Waals surface area contributed by atoms with Crippen LogP contribution in [0, 0.1) is 5.92 Å². The second-order valence-electron chi connectivity index (χ2n) is 5.97. The van der Waals surface area contributed by atoms with Crippen molar-refractivity contribution in [2.45, 2.75) is 51.3 Å². The summed E-state index contributed by atoms with van der Waals surface area (Å²) in [5.74, 6) is 0.685. The van der Waals surface area contributed by atoms with Crippen molar-refractivity contribution in [3.63, 3.8) is 0 Å². The van der Waals surface area contributed by atoms with Gasteiger partial charge in [0.05, 0.1) is 13.2 Å². The third-order valence-electron chi connectivity index (χ3n) is 4.27. The molecular weight excluding hydrogens is 238 g/mol. The van der Waals surface area contributed by atoms with Crippen molar-refractivity contribution in [3.05, 3.63) is 35.4 Å². The lowest BCUT2D eigenvalue weighted by Gasteiger charge is -2.39. The SMILES string of the molecule is CC1CCCC(CO)(NCc2ccc(CO)cc2)C1. The topological polar surface area (TPSA) is 52.5 Å². The molecule has 0 amide bonds. The number of hydrogen-bond donors (Lipinski definition) is 3. The second kappa shape index (κ2) is 6.51. The fraction of sp³-hybridized carbons (Fsp3) is 0.625. The standard InChI is InChI=1S/C16H25NO2/c1-13-3-2-8-16(9-13,12-19)17-10-14-4-6-15(11-18)7-5-14/h4-7,13,17-19H,2-3,8-12H2,1H3. The Balaban J connectivity index is 1.95. The van der Waals surface area contributed by atoms with Crippen LogP contribution in [0.5, 0.6) is 0 Å². The van der Waals surface area contributed by atoms with Gasteiger partial charge < -0.3 is 15.5 Å². The van der Waals surface area contributed by atoms with Gasteiger partial charge in [0.1, 0.15) is 0 Å². The van der Waals surface area contributed by atoms with Crippen LogP contribution in [0.2, 0.25) is 0 Å². The lowest BCUT2D eigenvalue weighted by atomic mass is 9.77. The Hall–Kier alpha value is -0.900. The van der Waals surface area contributed by atoms with Crippen LogP contribution >= 0.6 is 0 Å². The molecule has 0 spiro atoms. The lowest BCUT2D eigenvalue weighted by Crippen LogP contribution is -2.51. The molecule has 0 heterocycles. The maximum Gasteiger partial charge on any atom is 0.0681 e. The molecule has 2 rings (SSSR count). The van der Waals surface area contributed by atoms with Gasteiger partial charge in [0.15, 0.2) is 0 Å². The third-order valence-corrected chi connectivity index (χ3v) is 4.27. The molecule has 1 aromatic rings. The highest BCUT2D eigenvalue weighted by Crippen LogP contribution is 2.32. The third kappa shape index (κ3) is 3.78. The minimum absolute atomic E-state index is 0.0891. The van der Waals surface area contributed by atoms with E-state index in [2.05, 4.69) is 12.2 Å². The summed E-state index contributed by atoms with van der Waals surface area (Å²) in [6.07, 6.45) is 4.58. The molecular formula is C16H25NO2. The number of aliphatic hydroxyl groups excluding tert-OH is 2. The van der Waals surface area contributed by atoms with E-state index < -0.39 is 0 Å². The Morgan fingerprint density at radius 1 is 1.21 bits per heavy atom. The van der Waals surface area contributed by atoms with Crippen molar-refractivity contribution >= 4 is 0 Å².